The van der Waals surface area contributed by atoms with E-state index in [0.29, 0.717) is 11.4 Å². The number of carbonyl (C=O) groups is 1. The fraction of sp³-hybridized carbons (Fsp3) is 0.429. The van der Waals surface area contributed by atoms with E-state index in [1.54, 1.807) is 12.1 Å². The molecule has 2 heterocycles. The zero-order valence-electron chi connectivity index (χ0n) is 11.9. The van der Waals surface area contributed by atoms with Crippen LogP contribution in [0.2, 0.25) is 0 Å². The van der Waals surface area contributed by atoms with E-state index in [-0.39, 0.29) is 12.5 Å². The van der Waals surface area contributed by atoms with E-state index in [0.717, 1.165) is 31.4 Å². The first-order valence-electron chi connectivity index (χ1n) is 7.25. The van der Waals surface area contributed by atoms with Crippen LogP contribution in [0.25, 0.3) is 0 Å². The van der Waals surface area contributed by atoms with E-state index in [1.807, 2.05) is 6.07 Å². The van der Waals surface area contributed by atoms with Gasteiger partial charge in [0.25, 0.3) is 5.79 Å². The molecule has 1 spiro atoms. The van der Waals surface area contributed by atoms with Crippen LogP contribution in [0.3, 0.4) is 0 Å². The maximum absolute atomic E-state index is 11.9. The summed E-state index contributed by atoms with van der Waals surface area (Å²) in [6.45, 7) is 0.0609. The molecule has 1 amide bonds. The van der Waals surface area contributed by atoms with Crippen LogP contribution < -0.4 is 14.8 Å². The Balaban J connectivity index is 1.45. The molecule has 8 heteroatoms. The van der Waals surface area contributed by atoms with Gasteiger partial charge >= 0.3 is 0 Å². The van der Waals surface area contributed by atoms with E-state index in [4.69, 9.17) is 9.47 Å². The van der Waals surface area contributed by atoms with Gasteiger partial charge in [-0.15, -0.1) is 5.10 Å². The third-order valence-corrected chi connectivity index (χ3v) is 3.88. The van der Waals surface area contributed by atoms with E-state index in [9.17, 15) is 4.79 Å². The molecule has 0 bridgehead atoms. The van der Waals surface area contributed by atoms with Crippen molar-refractivity contribution < 1.29 is 14.3 Å². The molecule has 0 radical (unpaired) electrons. The van der Waals surface area contributed by atoms with Gasteiger partial charge in [-0.3, -0.25) is 4.79 Å². The van der Waals surface area contributed by atoms with Crippen LogP contribution in [0.1, 0.15) is 25.7 Å². The van der Waals surface area contributed by atoms with Crippen molar-refractivity contribution in [2.45, 2.75) is 38.0 Å². The molecule has 0 unspecified atom stereocenters. The fourth-order valence-corrected chi connectivity index (χ4v) is 2.89. The van der Waals surface area contributed by atoms with E-state index in [1.165, 1.54) is 11.0 Å². The third-order valence-electron chi connectivity index (χ3n) is 3.88. The Morgan fingerprint density at radius 1 is 1.27 bits per heavy atom. The van der Waals surface area contributed by atoms with Gasteiger partial charge in [0.05, 0.1) is 0 Å². The zero-order chi connectivity index (χ0) is 15.0. The number of amides is 1. The highest BCUT2D eigenvalue weighted by Crippen LogP contribution is 2.47. The number of anilines is 1. The second-order valence-corrected chi connectivity index (χ2v) is 5.54. The number of hydrogen-bond acceptors (Lipinski definition) is 6. The lowest BCUT2D eigenvalue weighted by Gasteiger charge is -2.21. The van der Waals surface area contributed by atoms with Gasteiger partial charge in [0.2, 0.25) is 5.91 Å². The minimum absolute atomic E-state index is 0.0609. The molecule has 1 fully saturated rings. The third kappa shape index (κ3) is 2.36. The van der Waals surface area contributed by atoms with Gasteiger partial charge in [-0.05, 0) is 35.4 Å². The molecule has 1 aromatic heterocycles. The van der Waals surface area contributed by atoms with Crippen molar-refractivity contribution in [1.82, 2.24) is 20.2 Å². The molecule has 1 saturated carbocycles. The highest BCUT2D eigenvalue weighted by Gasteiger charge is 2.44. The fourth-order valence-electron chi connectivity index (χ4n) is 2.89. The van der Waals surface area contributed by atoms with E-state index < -0.39 is 5.79 Å². The van der Waals surface area contributed by atoms with Crippen LogP contribution >= 0.6 is 0 Å². The number of tetrazole rings is 1. The minimum atomic E-state index is -0.489. The standard InChI is InChI=1S/C14H15N5O3/c20-13(8-19-9-15-17-18-19)16-10-3-4-11-12(7-10)22-14(21-11)5-1-2-6-14/h3-4,7,9H,1-2,5-6,8H2,(H,16,20). The Hall–Kier alpha value is -2.64. The van der Waals surface area contributed by atoms with Crippen molar-refractivity contribution in [2.24, 2.45) is 0 Å². The van der Waals surface area contributed by atoms with Crippen molar-refractivity contribution >= 4 is 11.6 Å². The molecule has 2 aliphatic rings. The van der Waals surface area contributed by atoms with Crippen LogP contribution in [-0.2, 0) is 11.3 Å². The average Bonchev–Trinajstić information content (AvgIpc) is 3.20. The van der Waals surface area contributed by atoms with Gasteiger partial charge in [-0.1, -0.05) is 0 Å². The smallest absolute Gasteiger partial charge is 0.251 e. The average molecular weight is 301 g/mol. The second-order valence-electron chi connectivity index (χ2n) is 5.54. The summed E-state index contributed by atoms with van der Waals surface area (Å²) in [5.41, 5.74) is 0.662. The number of rotatable bonds is 3. The van der Waals surface area contributed by atoms with Crippen molar-refractivity contribution in [3.05, 3.63) is 24.5 Å². The summed E-state index contributed by atoms with van der Waals surface area (Å²) in [7, 11) is 0. The SMILES string of the molecule is O=C(Cn1cnnn1)Nc1ccc2c(c1)OC1(CCCC1)O2. The van der Waals surface area contributed by atoms with Crippen molar-refractivity contribution in [2.75, 3.05) is 5.32 Å². The molecule has 0 atom stereocenters. The molecule has 22 heavy (non-hydrogen) atoms. The Kier molecular flexibility index (Phi) is 2.95. The minimum Gasteiger partial charge on any atom is -0.448 e. The first-order valence-corrected chi connectivity index (χ1v) is 7.25. The normalized spacial score (nSPS) is 17.8. The molecule has 1 aliphatic heterocycles. The van der Waals surface area contributed by atoms with E-state index in [2.05, 4.69) is 20.8 Å². The summed E-state index contributed by atoms with van der Waals surface area (Å²) in [5, 5.41) is 13.4. The first-order chi connectivity index (χ1) is 10.7. The Morgan fingerprint density at radius 3 is 2.86 bits per heavy atom. The number of benzene rings is 1. The number of fused-ring (bicyclic) bond motifs is 1. The summed E-state index contributed by atoms with van der Waals surface area (Å²) in [6.07, 6.45) is 5.43. The lowest BCUT2D eigenvalue weighted by molar-refractivity contribution is -0.116. The summed E-state index contributed by atoms with van der Waals surface area (Å²) >= 11 is 0. The topological polar surface area (TPSA) is 91.2 Å². The van der Waals surface area contributed by atoms with Gasteiger partial charge in [0.1, 0.15) is 12.9 Å². The maximum Gasteiger partial charge on any atom is 0.251 e. The monoisotopic (exact) mass is 301 g/mol. The maximum atomic E-state index is 11.9. The Bertz CT molecular complexity index is 695. The Labute approximate surface area is 126 Å². The molecule has 4 rings (SSSR count). The largest absolute Gasteiger partial charge is 0.448 e. The highest BCUT2D eigenvalue weighted by molar-refractivity contribution is 5.90. The van der Waals surface area contributed by atoms with Crippen LogP contribution in [0.5, 0.6) is 11.5 Å². The molecular weight excluding hydrogens is 286 g/mol. The van der Waals surface area contributed by atoms with Gasteiger partial charge < -0.3 is 14.8 Å². The number of aromatic nitrogens is 4. The molecule has 1 aromatic carbocycles. The van der Waals surface area contributed by atoms with Crippen molar-refractivity contribution in [1.29, 1.82) is 0 Å². The second kappa shape index (κ2) is 4.97. The van der Waals surface area contributed by atoms with Gasteiger partial charge in [0, 0.05) is 24.6 Å². The van der Waals surface area contributed by atoms with Gasteiger partial charge in [0.15, 0.2) is 11.5 Å². The highest BCUT2D eigenvalue weighted by atomic mass is 16.7. The van der Waals surface area contributed by atoms with Crippen LogP contribution in [0.15, 0.2) is 24.5 Å². The molecule has 114 valence electrons. The molecule has 2 aromatic rings. The van der Waals surface area contributed by atoms with Crippen LogP contribution in [0.4, 0.5) is 5.69 Å². The number of ether oxygens (including phenoxy) is 2. The molecule has 8 nitrogen and oxygen atoms in total. The summed E-state index contributed by atoms with van der Waals surface area (Å²) < 4.78 is 13.3. The zero-order valence-corrected chi connectivity index (χ0v) is 11.9. The lowest BCUT2D eigenvalue weighted by Crippen LogP contribution is -2.34. The van der Waals surface area contributed by atoms with Crippen molar-refractivity contribution in [3.63, 3.8) is 0 Å². The Morgan fingerprint density at radius 2 is 2.09 bits per heavy atom. The van der Waals surface area contributed by atoms with Crippen molar-refractivity contribution in [3.8, 4) is 11.5 Å². The van der Waals surface area contributed by atoms with Crippen LogP contribution in [-0.4, -0.2) is 31.9 Å². The molecule has 0 saturated heterocycles. The quantitative estimate of drug-likeness (QED) is 0.920. The summed E-state index contributed by atoms with van der Waals surface area (Å²) in [6, 6.07) is 5.42. The molecular formula is C14H15N5O3. The number of hydrogen-bond donors (Lipinski definition) is 1. The van der Waals surface area contributed by atoms with E-state index >= 15 is 0 Å². The lowest BCUT2D eigenvalue weighted by atomic mass is 10.2. The molecule has 1 aliphatic carbocycles. The first kappa shape index (κ1) is 13.1. The van der Waals surface area contributed by atoms with Gasteiger partial charge in [-0.25, -0.2) is 4.68 Å². The predicted octanol–water partition coefficient (Wildman–Crippen LogP) is 1.35. The predicted molar refractivity (Wildman–Crippen MR) is 75.3 cm³/mol. The van der Waals surface area contributed by atoms with Gasteiger partial charge in [-0.2, -0.15) is 0 Å². The summed E-state index contributed by atoms with van der Waals surface area (Å²) in [5.74, 6) is 0.724. The van der Waals surface area contributed by atoms with Crippen LogP contribution in [0, 0.1) is 0 Å². The number of nitrogens with one attached hydrogen (secondary N) is 1. The number of carbonyl (C=O) groups excluding carboxylic acids is 1. The molecule has 1 N–H and O–H groups in total. The summed E-state index contributed by atoms with van der Waals surface area (Å²) in [4.78, 5) is 11.9. The number of nitrogens with zero attached hydrogens (tertiary/aromatic N) is 4.